The lowest BCUT2D eigenvalue weighted by molar-refractivity contribution is -0.161. The number of ether oxygens (including phenoxy) is 2. The van der Waals surface area contributed by atoms with Gasteiger partial charge in [0.2, 0.25) is 0 Å². The van der Waals surface area contributed by atoms with Crippen molar-refractivity contribution in [3.05, 3.63) is 24.3 Å². The van der Waals surface area contributed by atoms with Crippen LogP contribution in [0.4, 0.5) is 0 Å². The van der Waals surface area contributed by atoms with Crippen molar-refractivity contribution in [2.24, 2.45) is 0 Å². The second-order valence-electron chi connectivity index (χ2n) is 12.5. The number of rotatable bonds is 34. The minimum atomic E-state index is -4.76. The Hall–Kier alpha value is -1.47. The average Bonchev–Trinajstić information content (AvgIpc) is 3.02. The van der Waals surface area contributed by atoms with Crippen LogP contribution in [-0.2, 0) is 28.2 Å². The summed E-state index contributed by atoms with van der Waals surface area (Å²) in [6.07, 6.45) is 36.2. The number of unbranched alkanes of at least 4 members (excludes halogenated alkanes) is 20. The maximum absolute atomic E-state index is 12.3. The summed E-state index contributed by atoms with van der Waals surface area (Å²) >= 11 is 0. The van der Waals surface area contributed by atoms with Crippen LogP contribution in [0.3, 0.4) is 0 Å². The molecule has 0 rings (SSSR count). The van der Waals surface area contributed by atoms with Crippen molar-refractivity contribution in [1.82, 2.24) is 0 Å². The molecule has 0 aliphatic rings. The Morgan fingerprint density at radius 1 is 0.543 bits per heavy atom. The smallest absolute Gasteiger partial charge is 0.462 e. The normalized spacial score (nSPS) is 12.7. The van der Waals surface area contributed by atoms with Crippen LogP contribution in [0, 0.1) is 0 Å². The average molecular weight is 673 g/mol. The number of hydrogen-bond acceptors (Lipinski definition) is 6. The molecular weight excluding hydrogens is 603 g/mol. The predicted molar refractivity (Wildman–Crippen MR) is 189 cm³/mol. The van der Waals surface area contributed by atoms with E-state index in [-0.39, 0.29) is 19.4 Å². The molecule has 0 radical (unpaired) electrons. The Kier molecular flexibility index (Phi) is 32.4. The van der Waals surface area contributed by atoms with E-state index in [2.05, 4.69) is 36.6 Å². The van der Waals surface area contributed by atoms with Gasteiger partial charge in [-0.05, 0) is 51.4 Å². The van der Waals surface area contributed by atoms with E-state index in [0.717, 1.165) is 44.9 Å². The fraction of sp³-hybridized carbons (Fsp3) is 0.838. The van der Waals surface area contributed by atoms with Crippen LogP contribution in [0.5, 0.6) is 0 Å². The summed E-state index contributed by atoms with van der Waals surface area (Å²) in [5, 5.41) is 0. The van der Waals surface area contributed by atoms with Gasteiger partial charge in [0, 0.05) is 12.8 Å². The summed E-state index contributed by atoms with van der Waals surface area (Å²) in [5.41, 5.74) is 0. The molecule has 9 heteroatoms. The van der Waals surface area contributed by atoms with Crippen LogP contribution in [0.25, 0.3) is 0 Å². The SMILES string of the molecule is CCCCCC/C=C/CCCCCCCC(=O)OC[C@H](COP(=O)(O)O)OC(=O)CC/C=C/CCCCCCCCCCCCC. The third-order valence-corrected chi connectivity index (χ3v) is 8.44. The van der Waals surface area contributed by atoms with E-state index >= 15 is 0 Å². The molecule has 46 heavy (non-hydrogen) atoms. The predicted octanol–water partition coefficient (Wildman–Crippen LogP) is 10.8. The molecule has 0 aromatic carbocycles. The lowest BCUT2D eigenvalue weighted by atomic mass is 10.1. The molecule has 0 aromatic heterocycles. The third-order valence-electron chi connectivity index (χ3n) is 7.96. The molecule has 0 saturated carbocycles. The van der Waals surface area contributed by atoms with Crippen LogP contribution < -0.4 is 0 Å². The Bertz CT molecular complexity index is 807. The molecule has 0 heterocycles. The fourth-order valence-electron chi connectivity index (χ4n) is 5.15. The number of phosphoric ester groups is 1. The largest absolute Gasteiger partial charge is 0.469 e. The standard InChI is InChI=1S/C37H69O8P/c1-3-5-7-9-11-13-15-17-18-20-22-24-26-28-30-32-37(39)45-35(34-44-46(40,41)42)33-43-36(38)31-29-27-25-23-21-19-16-14-12-10-8-6-4-2/h14,16,26,28,35H,3-13,15,17-25,27,29-34H2,1-2H3,(H2,40,41,42)/b16-14+,28-26+/t35-/m1/s1. The Labute approximate surface area is 281 Å². The Morgan fingerprint density at radius 2 is 0.957 bits per heavy atom. The van der Waals surface area contributed by atoms with Crippen LogP contribution >= 0.6 is 7.82 Å². The van der Waals surface area contributed by atoms with Gasteiger partial charge in [-0.1, -0.05) is 141 Å². The van der Waals surface area contributed by atoms with Crippen LogP contribution in [-0.4, -0.2) is 41.0 Å². The zero-order chi connectivity index (χ0) is 34.0. The van der Waals surface area contributed by atoms with Crippen molar-refractivity contribution in [2.45, 2.75) is 187 Å². The van der Waals surface area contributed by atoms with Gasteiger partial charge in [0.1, 0.15) is 6.61 Å². The number of esters is 2. The van der Waals surface area contributed by atoms with E-state index in [4.69, 9.17) is 19.3 Å². The molecular formula is C37H69O8P. The summed E-state index contributed by atoms with van der Waals surface area (Å²) in [4.78, 5) is 42.6. The monoisotopic (exact) mass is 672 g/mol. The molecule has 0 unspecified atom stereocenters. The highest BCUT2D eigenvalue weighted by Gasteiger charge is 2.22. The highest BCUT2D eigenvalue weighted by atomic mass is 31.2. The molecule has 8 nitrogen and oxygen atoms in total. The minimum Gasteiger partial charge on any atom is -0.462 e. The highest BCUT2D eigenvalue weighted by molar-refractivity contribution is 7.46. The first-order valence-corrected chi connectivity index (χ1v) is 20.2. The lowest BCUT2D eigenvalue weighted by Gasteiger charge is -2.18. The van der Waals surface area contributed by atoms with Crippen molar-refractivity contribution in [2.75, 3.05) is 13.2 Å². The van der Waals surface area contributed by atoms with Crippen molar-refractivity contribution >= 4 is 19.8 Å². The van der Waals surface area contributed by atoms with Gasteiger partial charge in [-0.15, -0.1) is 0 Å². The summed E-state index contributed by atoms with van der Waals surface area (Å²) in [7, 11) is -4.76. The molecule has 1 atom stereocenters. The minimum absolute atomic E-state index is 0.129. The van der Waals surface area contributed by atoms with E-state index in [1.54, 1.807) is 0 Å². The van der Waals surface area contributed by atoms with Gasteiger partial charge < -0.3 is 19.3 Å². The summed E-state index contributed by atoms with van der Waals surface area (Å²) in [5.74, 6) is -0.949. The van der Waals surface area contributed by atoms with E-state index in [0.29, 0.717) is 12.8 Å². The van der Waals surface area contributed by atoms with Crippen LogP contribution in [0.2, 0.25) is 0 Å². The molecule has 0 aliphatic carbocycles. The van der Waals surface area contributed by atoms with Crippen molar-refractivity contribution in [1.29, 1.82) is 0 Å². The van der Waals surface area contributed by atoms with Gasteiger partial charge in [0.15, 0.2) is 6.10 Å². The Morgan fingerprint density at radius 3 is 1.43 bits per heavy atom. The van der Waals surface area contributed by atoms with Gasteiger partial charge in [-0.3, -0.25) is 14.1 Å². The lowest BCUT2D eigenvalue weighted by Crippen LogP contribution is -2.29. The summed E-state index contributed by atoms with van der Waals surface area (Å²) < 4.78 is 26.2. The quantitative estimate of drug-likeness (QED) is 0.0300. The number of carbonyl (C=O) groups excluding carboxylic acids is 2. The molecule has 2 N–H and O–H groups in total. The van der Waals surface area contributed by atoms with E-state index in [9.17, 15) is 14.2 Å². The van der Waals surface area contributed by atoms with Crippen LogP contribution in [0.15, 0.2) is 24.3 Å². The molecule has 0 bridgehead atoms. The van der Waals surface area contributed by atoms with Crippen molar-refractivity contribution in [3.8, 4) is 0 Å². The number of phosphoric acid groups is 1. The van der Waals surface area contributed by atoms with Crippen molar-refractivity contribution < 1.29 is 37.9 Å². The Balaban J connectivity index is 4.02. The fourth-order valence-corrected chi connectivity index (χ4v) is 5.51. The number of carbonyl (C=O) groups is 2. The zero-order valence-corrected chi connectivity index (χ0v) is 30.4. The first-order valence-electron chi connectivity index (χ1n) is 18.6. The number of allylic oxidation sites excluding steroid dienone is 4. The third kappa shape index (κ3) is 35.4. The summed E-state index contributed by atoms with van der Waals surface area (Å²) in [6, 6.07) is 0. The molecule has 0 fully saturated rings. The molecule has 0 aromatic rings. The highest BCUT2D eigenvalue weighted by Crippen LogP contribution is 2.35. The molecule has 0 aliphatic heterocycles. The van der Waals surface area contributed by atoms with E-state index < -0.39 is 32.5 Å². The van der Waals surface area contributed by atoms with Gasteiger partial charge in [0.05, 0.1) is 6.61 Å². The summed E-state index contributed by atoms with van der Waals surface area (Å²) in [6.45, 7) is 3.62. The van der Waals surface area contributed by atoms with Gasteiger partial charge in [0.25, 0.3) is 0 Å². The zero-order valence-electron chi connectivity index (χ0n) is 29.5. The van der Waals surface area contributed by atoms with E-state index in [1.165, 1.54) is 96.3 Å². The molecule has 0 amide bonds. The first kappa shape index (κ1) is 44.5. The maximum atomic E-state index is 12.3. The molecule has 270 valence electrons. The second-order valence-corrected chi connectivity index (χ2v) is 13.8. The van der Waals surface area contributed by atoms with Gasteiger partial charge >= 0.3 is 19.8 Å². The topological polar surface area (TPSA) is 119 Å². The molecule has 0 spiro atoms. The molecule has 0 saturated heterocycles. The maximum Gasteiger partial charge on any atom is 0.469 e. The van der Waals surface area contributed by atoms with Gasteiger partial charge in [-0.25, -0.2) is 4.57 Å². The van der Waals surface area contributed by atoms with E-state index in [1.807, 2.05) is 6.08 Å². The van der Waals surface area contributed by atoms with Crippen LogP contribution in [0.1, 0.15) is 181 Å². The number of hydrogen-bond donors (Lipinski definition) is 2. The first-order chi connectivity index (χ1) is 22.3. The van der Waals surface area contributed by atoms with Crippen molar-refractivity contribution in [3.63, 3.8) is 0 Å². The second kappa shape index (κ2) is 33.4. The van der Waals surface area contributed by atoms with Gasteiger partial charge in [-0.2, -0.15) is 0 Å².